The molecule has 1 N–H and O–H groups in total. The molecule has 0 aliphatic rings. The maximum Gasteiger partial charge on any atom is 0.266 e. The fraction of sp³-hybridized carbons (Fsp3) is 0.158. The normalized spacial score (nSPS) is 10.8. The molecule has 0 aliphatic carbocycles. The van der Waals surface area contributed by atoms with Crippen LogP contribution in [0.15, 0.2) is 42.0 Å². The van der Waals surface area contributed by atoms with Gasteiger partial charge in [0, 0.05) is 16.3 Å². The van der Waals surface area contributed by atoms with E-state index in [0.717, 1.165) is 0 Å². The quantitative estimate of drug-likeness (QED) is 0.559. The van der Waals surface area contributed by atoms with Crippen molar-refractivity contribution in [1.29, 1.82) is 5.26 Å². The summed E-state index contributed by atoms with van der Waals surface area (Å²) in [5, 5.41) is 12.7. The molecule has 0 aliphatic heterocycles. The summed E-state index contributed by atoms with van der Waals surface area (Å²) in [6, 6.07) is 11.8. The Morgan fingerprint density at radius 3 is 2.54 bits per heavy atom. The Morgan fingerprint density at radius 1 is 1.27 bits per heavy atom. The van der Waals surface area contributed by atoms with Crippen LogP contribution in [0.2, 0.25) is 10.0 Å². The van der Waals surface area contributed by atoms with Gasteiger partial charge in [0.1, 0.15) is 23.1 Å². The van der Waals surface area contributed by atoms with Gasteiger partial charge in [-0.2, -0.15) is 5.26 Å². The van der Waals surface area contributed by atoms with E-state index in [9.17, 15) is 10.1 Å². The maximum absolute atomic E-state index is 12.4. The van der Waals surface area contributed by atoms with Crippen molar-refractivity contribution in [2.75, 3.05) is 19.0 Å². The van der Waals surface area contributed by atoms with Crippen molar-refractivity contribution in [3.63, 3.8) is 0 Å². The molecule has 0 radical (unpaired) electrons. The van der Waals surface area contributed by atoms with Gasteiger partial charge in [0.05, 0.1) is 18.7 Å². The number of hydrogen-bond acceptors (Lipinski definition) is 4. The Morgan fingerprint density at radius 2 is 1.96 bits per heavy atom. The Balaban J connectivity index is 2.32. The molecule has 0 aromatic heterocycles. The zero-order valence-electron chi connectivity index (χ0n) is 14.2. The van der Waals surface area contributed by atoms with Gasteiger partial charge < -0.3 is 14.8 Å². The SMILES string of the molecule is CCOc1c(Cl)cc(Cl)cc1/C=C(\C#N)C(=O)Nc1ccc(OC)cc1. The molecule has 2 aromatic carbocycles. The van der Waals surface area contributed by atoms with Crippen LogP contribution in [0.5, 0.6) is 11.5 Å². The van der Waals surface area contributed by atoms with E-state index in [0.29, 0.717) is 39.4 Å². The molecule has 134 valence electrons. The van der Waals surface area contributed by atoms with Crippen LogP contribution in [0.25, 0.3) is 6.08 Å². The zero-order chi connectivity index (χ0) is 19.1. The Kier molecular flexibility index (Phi) is 6.90. The highest BCUT2D eigenvalue weighted by Crippen LogP contribution is 2.34. The first kappa shape index (κ1) is 19.6. The number of amides is 1. The van der Waals surface area contributed by atoms with Crippen molar-refractivity contribution in [2.45, 2.75) is 6.92 Å². The summed E-state index contributed by atoms with van der Waals surface area (Å²) in [7, 11) is 1.55. The smallest absolute Gasteiger partial charge is 0.266 e. The number of anilines is 1. The molecule has 5 nitrogen and oxygen atoms in total. The van der Waals surface area contributed by atoms with E-state index in [-0.39, 0.29) is 5.57 Å². The van der Waals surface area contributed by atoms with Crippen molar-refractivity contribution < 1.29 is 14.3 Å². The molecule has 7 heteroatoms. The molecular formula is C19H16Cl2N2O3. The molecule has 0 heterocycles. The van der Waals surface area contributed by atoms with E-state index in [4.69, 9.17) is 32.7 Å². The van der Waals surface area contributed by atoms with Crippen molar-refractivity contribution in [2.24, 2.45) is 0 Å². The van der Waals surface area contributed by atoms with Gasteiger partial charge in [0.25, 0.3) is 5.91 Å². The monoisotopic (exact) mass is 390 g/mol. The summed E-state index contributed by atoms with van der Waals surface area (Å²) in [6.45, 7) is 2.18. The summed E-state index contributed by atoms with van der Waals surface area (Å²) in [4.78, 5) is 12.4. The first-order valence-electron chi connectivity index (χ1n) is 7.67. The third-order valence-electron chi connectivity index (χ3n) is 3.34. The van der Waals surface area contributed by atoms with Crippen LogP contribution in [-0.2, 0) is 4.79 Å². The second kappa shape index (κ2) is 9.14. The third kappa shape index (κ3) is 4.92. The highest BCUT2D eigenvalue weighted by atomic mass is 35.5. The first-order valence-corrected chi connectivity index (χ1v) is 8.43. The maximum atomic E-state index is 12.4. The van der Waals surface area contributed by atoms with Crippen molar-refractivity contribution in [3.05, 3.63) is 57.6 Å². The van der Waals surface area contributed by atoms with E-state index >= 15 is 0 Å². The number of benzene rings is 2. The number of carbonyl (C=O) groups is 1. The molecule has 0 fully saturated rings. The minimum atomic E-state index is -0.559. The second-order valence-electron chi connectivity index (χ2n) is 5.09. The molecule has 26 heavy (non-hydrogen) atoms. The van der Waals surface area contributed by atoms with Crippen molar-refractivity contribution in [1.82, 2.24) is 0 Å². The summed E-state index contributed by atoms with van der Waals surface area (Å²) < 4.78 is 10.6. The second-order valence-corrected chi connectivity index (χ2v) is 5.94. The summed E-state index contributed by atoms with van der Waals surface area (Å²) >= 11 is 12.2. The largest absolute Gasteiger partial charge is 0.497 e. The lowest BCUT2D eigenvalue weighted by Gasteiger charge is -2.11. The predicted octanol–water partition coefficient (Wildman–Crippen LogP) is 4.95. The molecule has 1 amide bonds. The number of carbonyl (C=O) groups excluding carboxylic acids is 1. The van der Waals surface area contributed by atoms with Crippen LogP contribution in [0.4, 0.5) is 5.69 Å². The van der Waals surface area contributed by atoms with Crippen LogP contribution >= 0.6 is 23.2 Å². The first-order chi connectivity index (χ1) is 12.5. The number of hydrogen-bond donors (Lipinski definition) is 1. The van der Waals surface area contributed by atoms with Gasteiger partial charge in [0.15, 0.2) is 0 Å². The number of ether oxygens (including phenoxy) is 2. The van der Waals surface area contributed by atoms with Crippen molar-refractivity contribution in [3.8, 4) is 17.6 Å². The number of nitrogens with zero attached hydrogens (tertiary/aromatic N) is 1. The van der Waals surface area contributed by atoms with Gasteiger partial charge >= 0.3 is 0 Å². The molecule has 2 aromatic rings. The number of methoxy groups -OCH3 is 1. The van der Waals surface area contributed by atoms with Crippen LogP contribution in [0.1, 0.15) is 12.5 Å². The van der Waals surface area contributed by atoms with Gasteiger partial charge in [-0.1, -0.05) is 23.2 Å². The number of rotatable bonds is 6. The fourth-order valence-corrected chi connectivity index (χ4v) is 2.72. The summed E-state index contributed by atoms with van der Waals surface area (Å²) in [5.41, 5.74) is 0.872. The highest BCUT2D eigenvalue weighted by molar-refractivity contribution is 6.36. The molecule has 0 saturated heterocycles. The molecule has 2 rings (SSSR count). The topological polar surface area (TPSA) is 71.3 Å². The number of nitrogens with one attached hydrogen (secondary N) is 1. The Hall–Kier alpha value is -2.68. The van der Waals surface area contributed by atoms with E-state index in [1.807, 2.05) is 6.07 Å². The van der Waals surface area contributed by atoms with Crippen LogP contribution < -0.4 is 14.8 Å². The molecule has 0 spiro atoms. The average molecular weight is 391 g/mol. The minimum Gasteiger partial charge on any atom is -0.497 e. The molecular weight excluding hydrogens is 375 g/mol. The van der Waals surface area contributed by atoms with Crippen molar-refractivity contribution >= 4 is 40.9 Å². The van der Waals surface area contributed by atoms with Gasteiger partial charge in [-0.15, -0.1) is 0 Å². The Bertz CT molecular complexity index is 872. The van der Waals surface area contributed by atoms with Crippen LogP contribution in [0, 0.1) is 11.3 Å². The van der Waals surface area contributed by atoms with E-state index in [1.54, 1.807) is 44.4 Å². The van der Waals surface area contributed by atoms with E-state index < -0.39 is 5.91 Å². The predicted molar refractivity (Wildman–Crippen MR) is 103 cm³/mol. The average Bonchev–Trinajstić information content (AvgIpc) is 2.62. The van der Waals surface area contributed by atoms with Crippen LogP contribution in [0.3, 0.4) is 0 Å². The van der Waals surface area contributed by atoms with Gasteiger partial charge in [-0.05, 0) is 49.4 Å². The molecule has 0 saturated carbocycles. The molecule has 0 unspecified atom stereocenters. The lowest BCUT2D eigenvalue weighted by atomic mass is 10.1. The Labute approximate surface area is 161 Å². The standard InChI is InChI=1S/C19H16Cl2N2O3/c1-3-26-18-12(9-14(20)10-17(18)21)8-13(11-22)19(24)23-15-4-6-16(25-2)7-5-15/h4-10H,3H2,1-2H3,(H,23,24)/b13-8+. The number of halogens is 2. The van der Waals surface area contributed by atoms with Gasteiger partial charge in [-0.3, -0.25) is 4.79 Å². The fourth-order valence-electron chi connectivity index (χ4n) is 2.16. The lowest BCUT2D eigenvalue weighted by Crippen LogP contribution is -2.13. The molecule has 0 bridgehead atoms. The zero-order valence-corrected chi connectivity index (χ0v) is 15.7. The highest BCUT2D eigenvalue weighted by Gasteiger charge is 2.14. The molecule has 0 atom stereocenters. The van der Waals surface area contributed by atoms with E-state index in [1.165, 1.54) is 12.1 Å². The summed E-state index contributed by atoms with van der Waals surface area (Å²) in [6.07, 6.45) is 1.39. The number of nitriles is 1. The third-order valence-corrected chi connectivity index (χ3v) is 3.84. The van der Waals surface area contributed by atoms with Crippen LogP contribution in [-0.4, -0.2) is 19.6 Å². The lowest BCUT2D eigenvalue weighted by molar-refractivity contribution is -0.112. The van der Waals surface area contributed by atoms with Gasteiger partial charge in [-0.25, -0.2) is 0 Å². The minimum absolute atomic E-state index is 0.111. The van der Waals surface area contributed by atoms with Gasteiger partial charge in [0.2, 0.25) is 0 Å². The van der Waals surface area contributed by atoms with E-state index in [2.05, 4.69) is 5.32 Å². The summed E-state index contributed by atoms with van der Waals surface area (Å²) in [5.74, 6) is 0.466.